The summed E-state index contributed by atoms with van der Waals surface area (Å²) in [5.41, 5.74) is 3.86. The molecule has 0 atom stereocenters. The summed E-state index contributed by atoms with van der Waals surface area (Å²) in [4.78, 5) is 2.07. The molecule has 1 aliphatic rings. The Labute approximate surface area is 92.9 Å². The van der Waals surface area contributed by atoms with Gasteiger partial charge in [-0.1, -0.05) is 34.1 Å². The number of halogens is 1. The maximum atomic E-state index is 3.49. The molecule has 0 aliphatic heterocycles. The van der Waals surface area contributed by atoms with Crippen LogP contribution in [0.25, 0.3) is 11.6 Å². The van der Waals surface area contributed by atoms with Crippen molar-refractivity contribution in [1.82, 2.24) is 4.90 Å². The van der Waals surface area contributed by atoms with E-state index in [9.17, 15) is 0 Å². The molecule has 72 valence electrons. The van der Waals surface area contributed by atoms with E-state index in [4.69, 9.17) is 0 Å². The number of nitrogens with zero attached hydrogens (tertiary/aromatic N) is 1. The lowest BCUT2D eigenvalue weighted by Crippen LogP contribution is -2.01. The second kappa shape index (κ2) is 3.62. The van der Waals surface area contributed by atoms with Crippen LogP contribution < -0.4 is 0 Å². The standard InChI is InChI=1S/C12H12BrN/c1-14(2)8-10-4-3-9-5-6-11(13)7-12(9)10/h3-8H,1-2H3/b10-8+. The van der Waals surface area contributed by atoms with Gasteiger partial charge in [0.15, 0.2) is 0 Å². The summed E-state index contributed by atoms with van der Waals surface area (Å²) >= 11 is 3.49. The Morgan fingerprint density at radius 1 is 1.21 bits per heavy atom. The summed E-state index contributed by atoms with van der Waals surface area (Å²) in [7, 11) is 4.08. The Hall–Kier alpha value is -1.02. The van der Waals surface area contributed by atoms with E-state index in [1.54, 1.807) is 0 Å². The van der Waals surface area contributed by atoms with Gasteiger partial charge >= 0.3 is 0 Å². The van der Waals surface area contributed by atoms with Gasteiger partial charge in [0.05, 0.1) is 0 Å². The van der Waals surface area contributed by atoms with Crippen LogP contribution >= 0.6 is 15.9 Å². The number of allylic oxidation sites excluding steroid dienone is 2. The maximum Gasteiger partial charge on any atom is 0.0181 e. The molecule has 2 rings (SSSR count). The molecular weight excluding hydrogens is 238 g/mol. The number of fused-ring (bicyclic) bond motifs is 1. The van der Waals surface area contributed by atoms with E-state index in [1.165, 1.54) is 16.7 Å². The first kappa shape index (κ1) is 9.53. The number of hydrogen-bond donors (Lipinski definition) is 0. The summed E-state index contributed by atoms with van der Waals surface area (Å²) in [6.07, 6.45) is 6.43. The Morgan fingerprint density at radius 3 is 2.71 bits per heavy atom. The Kier molecular flexibility index (Phi) is 2.46. The van der Waals surface area contributed by atoms with Gasteiger partial charge in [0.25, 0.3) is 0 Å². The zero-order valence-corrected chi connectivity index (χ0v) is 9.88. The predicted octanol–water partition coefficient (Wildman–Crippen LogP) is 3.38. The van der Waals surface area contributed by atoms with Crippen molar-refractivity contribution >= 4 is 27.6 Å². The average molecular weight is 250 g/mol. The van der Waals surface area contributed by atoms with Crippen LogP contribution in [0.5, 0.6) is 0 Å². The molecule has 0 bridgehead atoms. The zero-order valence-electron chi connectivity index (χ0n) is 8.29. The van der Waals surface area contributed by atoms with Crippen molar-refractivity contribution in [3.05, 3.63) is 46.1 Å². The maximum absolute atomic E-state index is 3.49. The highest BCUT2D eigenvalue weighted by Crippen LogP contribution is 2.31. The van der Waals surface area contributed by atoms with Gasteiger partial charge in [-0.15, -0.1) is 0 Å². The molecule has 0 amide bonds. The van der Waals surface area contributed by atoms with Crippen LogP contribution in [0.3, 0.4) is 0 Å². The second-order valence-electron chi connectivity index (χ2n) is 3.61. The molecule has 0 fully saturated rings. The molecule has 0 unspecified atom stereocenters. The van der Waals surface area contributed by atoms with Crippen LogP contribution in [0, 0.1) is 0 Å². The molecule has 1 aromatic carbocycles. The quantitative estimate of drug-likeness (QED) is 0.738. The van der Waals surface area contributed by atoms with Crippen LogP contribution in [0.1, 0.15) is 11.1 Å². The van der Waals surface area contributed by atoms with Gasteiger partial charge in [0, 0.05) is 24.8 Å². The Bertz CT molecular complexity index is 416. The minimum Gasteiger partial charge on any atom is -0.383 e. The molecule has 14 heavy (non-hydrogen) atoms. The van der Waals surface area contributed by atoms with Gasteiger partial charge in [-0.2, -0.15) is 0 Å². The van der Waals surface area contributed by atoms with E-state index in [1.807, 2.05) is 14.1 Å². The molecule has 1 nitrogen and oxygen atoms in total. The summed E-state index contributed by atoms with van der Waals surface area (Å²) < 4.78 is 1.13. The summed E-state index contributed by atoms with van der Waals surface area (Å²) in [6.45, 7) is 0. The molecule has 0 spiro atoms. The number of benzene rings is 1. The van der Waals surface area contributed by atoms with Gasteiger partial charge in [0.2, 0.25) is 0 Å². The van der Waals surface area contributed by atoms with Crippen molar-refractivity contribution in [3.8, 4) is 0 Å². The molecule has 1 aromatic rings. The van der Waals surface area contributed by atoms with Crippen molar-refractivity contribution in [3.63, 3.8) is 0 Å². The molecule has 0 saturated heterocycles. The third-order valence-electron chi connectivity index (χ3n) is 2.17. The Morgan fingerprint density at radius 2 is 2.00 bits per heavy atom. The fourth-order valence-corrected chi connectivity index (χ4v) is 1.95. The molecule has 0 saturated carbocycles. The van der Waals surface area contributed by atoms with Gasteiger partial charge in [-0.05, 0) is 28.8 Å². The number of rotatable bonds is 1. The highest BCUT2D eigenvalue weighted by Gasteiger charge is 2.10. The zero-order chi connectivity index (χ0) is 10.1. The van der Waals surface area contributed by atoms with Crippen molar-refractivity contribution in [1.29, 1.82) is 0 Å². The molecular formula is C12H12BrN. The molecule has 2 heteroatoms. The molecule has 0 radical (unpaired) electrons. The van der Waals surface area contributed by atoms with E-state index in [2.05, 4.69) is 57.4 Å². The van der Waals surface area contributed by atoms with E-state index < -0.39 is 0 Å². The van der Waals surface area contributed by atoms with Crippen LogP contribution in [-0.2, 0) is 0 Å². The third kappa shape index (κ3) is 1.75. The average Bonchev–Trinajstić information content (AvgIpc) is 2.47. The van der Waals surface area contributed by atoms with E-state index in [0.717, 1.165) is 4.47 Å². The van der Waals surface area contributed by atoms with Crippen molar-refractivity contribution < 1.29 is 0 Å². The molecule has 1 aliphatic carbocycles. The minimum absolute atomic E-state index is 1.13. The molecule has 0 aromatic heterocycles. The highest BCUT2D eigenvalue weighted by molar-refractivity contribution is 9.10. The normalized spacial score (nSPS) is 16.1. The second-order valence-corrected chi connectivity index (χ2v) is 4.53. The highest BCUT2D eigenvalue weighted by atomic mass is 79.9. The topological polar surface area (TPSA) is 3.24 Å². The smallest absolute Gasteiger partial charge is 0.0181 e. The first-order chi connectivity index (χ1) is 6.66. The van der Waals surface area contributed by atoms with E-state index >= 15 is 0 Å². The summed E-state index contributed by atoms with van der Waals surface area (Å²) in [5, 5.41) is 0. The van der Waals surface area contributed by atoms with Gasteiger partial charge in [0.1, 0.15) is 0 Å². The Balaban J connectivity index is 2.47. The van der Waals surface area contributed by atoms with Crippen LogP contribution in [0.2, 0.25) is 0 Å². The third-order valence-corrected chi connectivity index (χ3v) is 2.66. The lowest BCUT2D eigenvalue weighted by atomic mass is 10.1. The van der Waals surface area contributed by atoms with Gasteiger partial charge in [-0.25, -0.2) is 0 Å². The van der Waals surface area contributed by atoms with Crippen LogP contribution in [-0.4, -0.2) is 19.0 Å². The van der Waals surface area contributed by atoms with Crippen LogP contribution in [0.4, 0.5) is 0 Å². The van der Waals surface area contributed by atoms with Gasteiger partial charge < -0.3 is 4.90 Å². The monoisotopic (exact) mass is 249 g/mol. The largest absolute Gasteiger partial charge is 0.383 e. The fraction of sp³-hybridized carbons (Fsp3) is 0.167. The molecule has 0 heterocycles. The fourth-order valence-electron chi connectivity index (χ4n) is 1.58. The van der Waals surface area contributed by atoms with E-state index in [-0.39, 0.29) is 0 Å². The molecule has 0 N–H and O–H groups in total. The van der Waals surface area contributed by atoms with Crippen LogP contribution in [0.15, 0.2) is 34.9 Å². The van der Waals surface area contributed by atoms with E-state index in [0.29, 0.717) is 0 Å². The van der Waals surface area contributed by atoms with Crippen molar-refractivity contribution in [2.45, 2.75) is 0 Å². The number of hydrogen-bond acceptors (Lipinski definition) is 1. The van der Waals surface area contributed by atoms with Crippen molar-refractivity contribution in [2.24, 2.45) is 0 Å². The lowest BCUT2D eigenvalue weighted by molar-refractivity contribution is 0.566. The van der Waals surface area contributed by atoms with Crippen molar-refractivity contribution in [2.75, 3.05) is 14.1 Å². The summed E-state index contributed by atoms with van der Waals surface area (Å²) in [5.74, 6) is 0. The summed E-state index contributed by atoms with van der Waals surface area (Å²) in [6, 6.07) is 6.36. The lowest BCUT2D eigenvalue weighted by Gasteiger charge is -2.08. The predicted molar refractivity (Wildman–Crippen MR) is 64.8 cm³/mol. The minimum atomic E-state index is 1.13. The first-order valence-corrected chi connectivity index (χ1v) is 5.32. The first-order valence-electron chi connectivity index (χ1n) is 4.53. The SMILES string of the molecule is CN(C)/C=C1\C=Cc2ccc(Br)cc21. The van der Waals surface area contributed by atoms with Gasteiger partial charge in [-0.3, -0.25) is 0 Å².